The van der Waals surface area contributed by atoms with E-state index in [-0.39, 0.29) is 12.3 Å². The lowest BCUT2D eigenvalue weighted by Gasteiger charge is -2.16. The molecule has 0 radical (unpaired) electrons. The predicted octanol–water partition coefficient (Wildman–Crippen LogP) is 4.03. The van der Waals surface area contributed by atoms with Crippen LogP contribution in [0.1, 0.15) is 31.7 Å². The van der Waals surface area contributed by atoms with Crippen LogP contribution >= 0.6 is 0 Å². The monoisotopic (exact) mass is 347 g/mol. The minimum atomic E-state index is -1.17. The maximum absolute atomic E-state index is 13.5. The highest BCUT2D eigenvalue weighted by molar-refractivity contribution is 5.95. The van der Waals surface area contributed by atoms with E-state index in [9.17, 15) is 18.4 Å². The van der Waals surface area contributed by atoms with E-state index >= 15 is 0 Å². The Morgan fingerprint density at radius 1 is 1.00 bits per heavy atom. The van der Waals surface area contributed by atoms with Crippen molar-refractivity contribution < 1.29 is 23.1 Å². The Labute approximate surface area is 144 Å². The molecule has 0 saturated heterocycles. The minimum absolute atomic E-state index is 0.0760. The molecular formula is C19H19F2NO3. The number of anilines is 1. The Morgan fingerprint density at radius 3 is 2.20 bits per heavy atom. The van der Waals surface area contributed by atoms with Gasteiger partial charge in [0.05, 0.1) is 6.42 Å². The van der Waals surface area contributed by atoms with Gasteiger partial charge in [-0.1, -0.05) is 43.3 Å². The van der Waals surface area contributed by atoms with Crippen LogP contribution in [-0.2, 0) is 14.3 Å². The molecule has 2 atom stereocenters. The van der Waals surface area contributed by atoms with Gasteiger partial charge in [0.2, 0.25) is 0 Å². The quantitative estimate of drug-likeness (QED) is 0.803. The first-order chi connectivity index (χ1) is 11.9. The van der Waals surface area contributed by atoms with E-state index in [0.29, 0.717) is 0 Å². The van der Waals surface area contributed by atoms with Crippen molar-refractivity contribution in [2.75, 3.05) is 5.32 Å². The molecule has 0 unspecified atom stereocenters. The fraction of sp³-hybridized carbons (Fsp3) is 0.263. The molecule has 0 aliphatic heterocycles. The lowest BCUT2D eigenvalue weighted by molar-refractivity contribution is -0.153. The highest BCUT2D eigenvalue weighted by Gasteiger charge is 2.22. The zero-order chi connectivity index (χ0) is 18.4. The maximum Gasteiger partial charge on any atom is 0.307 e. The fourth-order valence-electron chi connectivity index (χ4n) is 2.29. The normalized spacial score (nSPS) is 13.0. The summed E-state index contributed by atoms with van der Waals surface area (Å²) in [6, 6.07) is 12.7. The number of carbonyl (C=O) groups excluding carboxylic acids is 2. The van der Waals surface area contributed by atoms with Crippen molar-refractivity contribution in [3.63, 3.8) is 0 Å². The molecule has 0 aliphatic carbocycles. The second-order valence-corrected chi connectivity index (χ2v) is 5.73. The summed E-state index contributed by atoms with van der Waals surface area (Å²) in [5, 5.41) is 2.10. The average molecular weight is 347 g/mol. The van der Waals surface area contributed by atoms with E-state index < -0.39 is 35.3 Å². The van der Waals surface area contributed by atoms with Crippen LogP contribution in [0, 0.1) is 11.6 Å². The second-order valence-electron chi connectivity index (χ2n) is 5.73. The Kier molecular flexibility index (Phi) is 6.22. The topological polar surface area (TPSA) is 55.4 Å². The van der Waals surface area contributed by atoms with Crippen molar-refractivity contribution in [2.24, 2.45) is 0 Å². The Hall–Kier alpha value is -2.76. The number of carbonyl (C=O) groups is 2. The highest BCUT2D eigenvalue weighted by Crippen LogP contribution is 2.20. The summed E-state index contributed by atoms with van der Waals surface area (Å²) in [6.45, 7) is 3.22. The molecule has 132 valence electrons. The molecule has 2 aromatic rings. The van der Waals surface area contributed by atoms with Gasteiger partial charge in [-0.3, -0.25) is 9.59 Å². The van der Waals surface area contributed by atoms with Crippen LogP contribution < -0.4 is 5.32 Å². The van der Waals surface area contributed by atoms with E-state index in [2.05, 4.69) is 5.32 Å². The van der Waals surface area contributed by atoms with E-state index in [0.717, 1.165) is 17.7 Å². The summed E-state index contributed by atoms with van der Waals surface area (Å²) < 4.78 is 32.1. The van der Waals surface area contributed by atoms with Gasteiger partial charge in [0.25, 0.3) is 5.91 Å². The van der Waals surface area contributed by atoms with E-state index in [1.807, 2.05) is 37.3 Å². The van der Waals surface area contributed by atoms with Gasteiger partial charge in [-0.2, -0.15) is 0 Å². The average Bonchev–Trinajstić information content (AvgIpc) is 2.58. The minimum Gasteiger partial charge on any atom is -0.453 e. The smallest absolute Gasteiger partial charge is 0.307 e. The molecule has 6 heteroatoms. The molecular weight excluding hydrogens is 328 g/mol. The van der Waals surface area contributed by atoms with E-state index in [1.54, 1.807) is 0 Å². The van der Waals surface area contributed by atoms with Gasteiger partial charge in [0.1, 0.15) is 17.3 Å². The molecule has 0 heterocycles. The van der Waals surface area contributed by atoms with Gasteiger partial charge >= 0.3 is 5.97 Å². The van der Waals surface area contributed by atoms with Crippen molar-refractivity contribution in [1.82, 2.24) is 0 Å². The molecule has 2 rings (SSSR count). The van der Waals surface area contributed by atoms with Gasteiger partial charge in [-0.05, 0) is 30.5 Å². The molecule has 2 aromatic carbocycles. The summed E-state index contributed by atoms with van der Waals surface area (Å²) >= 11 is 0. The lowest BCUT2D eigenvalue weighted by Crippen LogP contribution is -2.31. The Morgan fingerprint density at radius 2 is 1.60 bits per heavy atom. The van der Waals surface area contributed by atoms with Crippen LogP contribution in [0.3, 0.4) is 0 Å². The number of esters is 1. The SMILES string of the molecule is C[C@H](OC(=O)C[C@H](C)c1ccccc1)C(=O)Nc1c(F)cccc1F. The summed E-state index contributed by atoms with van der Waals surface area (Å²) in [7, 11) is 0. The van der Waals surface area contributed by atoms with Crippen LogP contribution in [0.2, 0.25) is 0 Å². The third-order valence-electron chi connectivity index (χ3n) is 3.73. The van der Waals surface area contributed by atoms with Crippen LogP contribution in [0.5, 0.6) is 0 Å². The summed E-state index contributed by atoms with van der Waals surface area (Å²) in [4.78, 5) is 24.0. The van der Waals surface area contributed by atoms with Crippen molar-refractivity contribution in [2.45, 2.75) is 32.3 Å². The predicted molar refractivity (Wildman–Crippen MR) is 90.0 cm³/mol. The van der Waals surface area contributed by atoms with Gasteiger partial charge in [-0.15, -0.1) is 0 Å². The fourth-order valence-corrected chi connectivity index (χ4v) is 2.29. The van der Waals surface area contributed by atoms with Crippen molar-refractivity contribution in [1.29, 1.82) is 0 Å². The first kappa shape index (κ1) is 18.6. The molecule has 4 nitrogen and oxygen atoms in total. The number of halogens is 2. The van der Waals surface area contributed by atoms with Gasteiger partial charge < -0.3 is 10.1 Å². The van der Waals surface area contributed by atoms with Crippen molar-refractivity contribution >= 4 is 17.6 Å². The number of para-hydroxylation sites is 1. The number of nitrogens with one attached hydrogen (secondary N) is 1. The first-order valence-corrected chi connectivity index (χ1v) is 7.87. The molecule has 1 N–H and O–H groups in total. The standard InChI is InChI=1S/C19H19F2NO3/c1-12(14-7-4-3-5-8-14)11-17(23)25-13(2)19(24)22-18-15(20)9-6-10-16(18)21/h3-10,12-13H,11H2,1-2H3,(H,22,24)/t12-,13-/m0/s1. The van der Waals surface area contributed by atoms with Crippen LogP contribution in [0.25, 0.3) is 0 Å². The largest absolute Gasteiger partial charge is 0.453 e. The second kappa shape index (κ2) is 8.37. The third kappa shape index (κ3) is 5.11. The lowest BCUT2D eigenvalue weighted by atomic mass is 9.98. The number of ether oxygens (including phenoxy) is 1. The molecule has 0 fully saturated rings. The van der Waals surface area contributed by atoms with Crippen LogP contribution in [-0.4, -0.2) is 18.0 Å². The zero-order valence-corrected chi connectivity index (χ0v) is 14.0. The number of amides is 1. The molecule has 0 aromatic heterocycles. The first-order valence-electron chi connectivity index (χ1n) is 7.87. The van der Waals surface area contributed by atoms with E-state index in [1.165, 1.54) is 13.0 Å². The van der Waals surface area contributed by atoms with Gasteiger partial charge in [0.15, 0.2) is 6.10 Å². The maximum atomic E-state index is 13.5. The third-order valence-corrected chi connectivity index (χ3v) is 3.73. The molecule has 0 spiro atoms. The van der Waals surface area contributed by atoms with Gasteiger partial charge in [-0.25, -0.2) is 8.78 Å². The summed E-state index contributed by atoms with van der Waals surface area (Å²) in [6.07, 6.45) is -1.08. The van der Waals surface area contributed by atoms with Crippen LogP contribution in [0.15, 0.2) is 48.5 Å². The zero-order valence-electron chi connectivity index (χ0n) is 14.0. The molecule has 25 heavy (non-hydrogen) atoms. The van der Waals surface area contributed by atoms with Gasteiger partial charge in [0, 0.05) is 0 Å². The number of rotatable bonds is 6. The van der Waals surface area contributed by atoms with Crippen molar-refractivity contribution in [3.05, 3.63) is 65.7 Å². The summed E-state index contributed by atoms with van der Waals surface area (Å²) in [5.41, 5.74) is 0.415. The molecule has 0 aliphatic rings. The van der Waals surface area contributed by atoms with E-state index in [4.69, 9.17) is 4.74 Å². The van der Waals surface area contributed by atoms with Crippen LogP contribution in [0.4, 0.5) is 14.5 Å². The number of hydrogen-bond donors (Lipinski definition) is 1. The number of benzene rings is 2. The Bertz CT molecular complexity index is 729. The molecule has 0 saturated carbocycles. The molecule has 0 bridgehead atoms. The summed E-state index contributed by atoms with van der Waals surface area (Å²) in [5.74, 6) is -3.24. The highest BCUT2D eigenvalue weighted by atomic mass is 19.1. The molecule has 1 amide bonds. The van der Waals surface area contributed by atoms with Crippen molar-refractivity contribution in [3.8, 4) is 0 Å². The Balaban J connectivity index is 1.91. The number of hydrogen-bond acceptors (Lipinski definition) is 3.